The molecule has 1 atom stereocenters. The average Bonchev–Trinajstić information content (AvgIpc) is 3.09. The van der Waals surface area contributed by atoms with Crippen molar-refractivity contribution in [1.29, 1.82) is 0 Å². The Balaban J connectivity index is 1.86. The van der Waals surface area contributed by atoms with Gasteiger partial charge in [0.1, 0.15) is 0 Å². The molecule has 2 amide bonds. The maximum absolute atomic E-state index is 12.3. The second kappa shape index (κ2) is 6.45. The van der Waals surface area contributed by atoms with E-state index in [0.29, 0.717) is 0 Å². The summed E-state index contributed by atoms with van der Waals surface area (Å²) in [7, 11) is 0. The summed E-state index contributed by atoms with van der Waals surface area (Å²) in [6, 6.07) is 15.2. The number of pyridine rings is 1. The number of rotatable bonds is 3. The summed E-state index contributed by atoms with van der Waals surface area (Å²) in [5, 5.41) is 3.04. The predicted molar refractivity (Wildman–Crippen MR) is 84.5 cm³/mol. The lowest BCUT2D eigenvalue weighted by Gasteiger charge is -2.21. The number of nitrogens with one attached hydrogen (secondary N) is 1. The van der Waals surface area contributed by atoms with E-state index in [4.69, 9.17) is 0 Å². The summed E-state index contributed by atoms with van der Waals surface area (Å²) in [5.41, 5.74) is 1.84. The van der Waals surface area contributed by atoms with Crippen LogP contribution in [0, 0.1) is 0 Å². The fourth-order valence-electron chi connectivity index (χ4n) is 2.14. The zero-order valence-corrected chi connectivity index (χ0v) is 12.2. The SMILES string of the molecule is O=C(N[C@H](c1ccccc1)c1ccccn1)N1C=CCS1. The van der Waals surface area contributed by atoms with Crippen LogP contribution >= 0.6 is 11.9 Å². The van der Waals surface area contributed by atoms with Crippen molar-refractivity contribution in [2.24, 2.45) is 0 Å². The van der Waals surface area contributed by atoms with Crippen LogP contribution in [0.4, 0.5) is 4.79 Å². The molecule has 0 saturated heterocycles. The summed E-state index contributed by atoms with van der Waals surface area (Å²) >= 11 is 1.47. The van der Waals surface area contributed by atoms with Crippen LogP contribution in [0.5, 0.6) is 0 Å². The molecule has 1 aromatic carbocycles. The second-order valence-electron chi connectivity index (χ2n) is 4.55. The Labute approximate surface area is 128 Å². The summed E-state index contributed by atoms with van der Waals surface area (Å²) in [6.45, 7) is 0. The largest absolute Gasteiger partial charge is 0.332 e. The summed E-state index contributed by atoms with van der Waals surface area (Å²) in [4.78, 5) is 16.7. The number of carbonyl (C=O) groups excluding carboxylic acids is 1. The molecule has 0 aliphatic carbocycles. The number of urea groups is 1. The standard InChI is InChI=1S/C16H15N3OS/c20-16(19-11-6-12-21-19)18-15(13-7-2-1-3-8-13)14-9-4-5-10-17-14/h1-11,15H,12H2,(H,18,20)/t15-/m1/s1. The lowest BCUT2D eigenvalue weighted by atomic mass is 10.0. The Morgan fingerprint density at radius 1 is 1.19 bits per heavy atom. The van der Waals surface area contributed by atoms with E-state index >= 15 is 0 Å². The molecule has 21 heavy (non-hydrogen) atoms. The van der Waals surface area contributed by atoms with Crippen molar-refractivity contribution in [3.8, 4) is 0 Å². The Kier molecular flexibility index (Phi) is 4.21. The molecule has 0 unspecified atom stereocenters. The molecule has 0 radical (unpaired) electrons. The van der Waals surface area contributed by atoms with Crippen molar-refractivity contribution in [3.05, 3.63) is 78.3 Å². The van der Waals surface area contributed by atoms with Gasteiger partial charge in [-0.1, -0.05) is 42.5 Å². The number of benzene rings is 1. The third-order valence-corrected chi connectivity index (χ3v) is 4.04. The minimum atomic E-state index is -0.255. The van der Waals surface area contributed by atoms with Crippen LogP contribution in [-0.2, 0) is 0 Å². The molecule has 0 spiro atoms. The molecule has 2 heterocycles. The number of carbonyl (C=O) groups is 1. The first kappa shape index (κ1) is 13.7. The first-order valence-electron chi connectivity index (χ1n) is 6.70. The minimum Gasteiger partial charge on any atom is -0.324 e. The monoisotopic (exact) mass is 297 g/mol. The molecule has 1 aliphatic rings. The van der Waals surface area contributed by atoms with Crippen LogP contribution < -0.4 is 5.32 Å². The first-order valence-corrected chi connectivity index (χ1v) is 7.64. The highest BCUT2D eigenvalue weighted by molar-refractivity contribution is 7.98. The van der Waals surface area contributed by atoms with E-state index in [1.165, 1.54) is 11.9 Å². The fraction of sp³-hybridized carbons (Fsp3) is 0.125. The van der Waals surface area contributed by atoms with Crippen LogP contribution in [0.15, 0.2) is 67.0 Å². The van der Waals surface area contributed by atoms with Gasteiger partial charge in [-0.3, -0.25) is 4.98 Å². The van der Waals surface area contributed by atoms with Crippen LogP contribution in [0.1, 0.15) is 17.3 Å². The Hall–Kier alpha value is -2.27. The molecule has 2 aromatic rings. The quantitative estimate of drug-likeness (QED) is 0.884. The highest BCUT2D eigenvalue weighted by atomic mass is 32.2. The molecule has 106 valence electrons. The summed E-state index contributed by atoms with van der Waals surface area (Å²) in [6.07, 6.45) is 5.49. The van der Waals surface area contributed by atoms with E-state index in [1.54, 1.807) is 16.7 Å². The molecule has 5 heteroatoms. The minimum absolute atomic E-state index is 0.131. The molecular weight excluding hydrogens is 282 g/mol. The zero-order chi connectivity index (χ0) is 14.5. The van der Waals surface area contributed by atoms with E-state index in [-0.39, 0.29) is 12.1 Å². The lowest BCUT2D eigenvalue weighted by Crippen LogP contribution is -2.35. The lowest BCUT2D eigenvalue weighted by molar-refractivity contribution is 0.231. The van der Waals surface area contributed by atoms with Gasteiger partial charge in [-0.2, -0.15) is 0 Å². The maximum Gasteiger partial charge on any atom is 0.332 e. The van der Waals surface area contributed by atoms with Crippen molar-refractivity contribution in [2.45, 2.75) is 6.04 Å². The Bertz CT molecular complexity index is 591. The number of aromatic nitrogens is 1. The molecule has 3 rings (SSSR count). The molecule has 0 bridgehead atoms. The number of nitrogens with zero attached hydrogens (tertiary/aromatic N) is 2. The molecule has 1 N–H and O–H groups in total. The third kappa shape index (κ3) is 3.25. The van der Waals surface area contributed by atoms with E-state index in [0.717, 1.165) is 17.0 Å². The fourth-order valence-corrected chi connectivity index (χ4v) is 2.81. The van der Waals surface area contributed by atoms with Gasteiger partial charge in [-0.05, 0) is 29.6 Å². The van der Waals surface area contributed by atoms with Crippen LogP contribution in [0.3, 0.4) is 0 Å². The van der Waals surface area contributed by atoms with Crippen LogP contribution in [-0.4, -0.2) is 21.1 Å². The van der Waals surface area contributed by atoms with Gasteiger partial charge in [0, 0.05) is 18.1 Å². The van der Waals surface area contributed by atoms with Crippen molar-refractivity contribution in [2.75, 3.05) is 5.75 Å². The molecule has 0 saturated carbocycles. The molecule has 1 aromatic heterocycles. The van der Waals surface area contributed by atoms with E-state index in [1.807, 2.05) is 54.6 Å². The molecule has 1 aliphatic heterocycles. The van der Waals surface area contributed by atoms with Gasteiger partial charge in [0.25, 0.3) is 0 Å². The summed E-state index contributed by atoms with van der Waals surface area (Å²) in [5.74, 6) is 0.826. The van der Waals surface area contributed by atoms with Gasteiger partial charge in [-0.15, -0.1) is 0 Å². The van der Waals surface area contributed by atoms with Gasteiger partial charge in [0.05, 0.1) is 11.7 Å². The van der Waals surface area contributed by atoms with E-state index in [2.05, 4.69) is 10.3 Å². The van der Waals surface area contributed by atoms with Gasteiger partial charge in [-0.25, -0.2) is 9.10 Å². The van der Waals surface area contributed by atoms with Gasteiger partial charge < -0.3 is 5.32 Å². The zero-order valence-electron chi connectivity index (χ0n) is 11.3. The van der Waals surface area contributed by atoms with Crippen molar-refractivity contribution in [3.63, 3.8) is 0 Å². The van der Waals surface area contributed by atoms with Gasteiger partial charge in [0.2, 0.25) is 0 Å². The van der Waals surface area contributed by atoms with Crippen LogP contribution in [0.25, 0.3) is 0 Å². The average molecular weight is 297 g/mol. The third-order valence-electron chi connectivity index (χ3n) is 3.14. The highest BCUT2D eigenvalue weighted by Gasteiger charge is 2.22. The van der Waals surface area contributed by atoms with Gasteiger partial charge >= 0.3 is 6.03 Å². The Morgan fingerprint density at radius 3 is 2.67 bits per heavy atom. The van der Waals surface area contributed by atoms with Crippen molar-refractivity contribution in [1.82, 2.24) is 14.6 Å². The number of hydrogen-bond donors (Lipinski definition) is 1. The van der Waals surface area contributed by atoms with E-state index < -0.39 is 0 Å². The van der Waals surface area contributed by atoms with E-state index in [9.17, 15) is 4.79 Å². The van der Waals surface area contributed by atoms with Crippen molar-refractivity contribution < 1.29 is 4.79 Å². The second-order valence-corrected chi connectivity index (χ2v) is 5.54. The van der Waals surface area contributed by atoms with Gasteiger partial charge in [0.15, 0.2) is 0 Å². The van der Waals surface area contributed by atoms with Crippen molar-refractivity contribution >= 4 is 18.0 Å². The summed E-state index contributed by atoms with van der Waals surface area (Å²) < 4.78 is 1.61. The normalized spacial score (nSPS) is 15.0. The first-order chi connectivity index (χ1) is 10.3. The van der Waals surface area contributed by atoms with Crippen LogP contribution in [0.2, 0.25) is 0 Å². The molecule has 4 nitrogen and oxygen atoms in total. The highest BCUT2D eigenvalue weighted by Crippen LogP contribution is 2.23. The molecular formula is C16H15N3OS. The predicted octanol–water partition coefficient (Wildman–Crippen LogP) is 3.36. The maximum atomic E-state index is 12.3. The number of amides is 2. The smallest absolute Gasteiger partial charge is 0.324 e. The number of hydrogen-bond acceptors (Lipinski definition) is 3. The Morgan fingerprint density at radius 2 is 2.00 bits per heavy atom. The molecule has 0 fully saturated rings. The topological polar surface area (TPSA) is 45.2 Å².